The van der Waals surface area contributed by atoms with E-state index in [1.165, 1.54) is 23.9 Å². The van der Waals surface area contributed by atoms with Gasteiger partial charge in [-0.15, -0.1) is 0 Å². The molecular weight excluding hydrogens is 368 g/mol. The fourth-order valence-corrected chi connectivity index (χ4v) is 4.27. The summed E-state index contributed by atoms with van der Waals surface area (Å²) < 4.78 is 12.7. The van der Waals surface area contributed by atoms with E-state index in [-0.39, 0.29) is 6.09 Å². The maximum absolute atomic E-state index is 12.2. The summed E-state index contributed by atoms with van der Waals surface area (Å²) in [4.78, 5) is 16.1. The maximum Gasteiger partial charge on any atom is 0.409 e. The largest absolute Gasteiger partial charge is 0.453 e. The van der Waals surface area contributed by atoms with Crippen molar-refractivity contribution in [3.8, 4) is 0 Å². The topological polar surface area (TPSA) is 59.8 Å². The van der Waals surface area contributed by atoms with Crippen molar-refractivity contribution in [3.05, 3.63) is 40.6 Å². The minimum Gasteiger partial charge on any atom is -0.453 e. The third-order valence-electron chi connectivity index (χ3n) is 6.23. The molecular formula is C22H30N4O3. The lowest BCUT2D eigenvalue weighted by molar-refractivity contribution is 0.0649. The van der Waals surface area contributed by atoms with Crippen molar-refractivity contribution < 1.29 is 14.3 Å². The lowest BCUT2D eigenvalue weighted by Gasteiger charge is -2.29. The summed E-state index contributed by atoms with van der Waals surface area (Å²) in [5.41, 5.74) is 5.98. The van der Waals surface area contributed by atoms with Crippen LogP contribution in [0.25, 0.3) is 0 Å². The number of hydrogen-bond donors (Lipinski definition) is 0. The number of aromatic nitrogens is 2. The Morgan fingerprint density at radius 2 is 2.00 bits per heavy atom. The fraction of sp³-hybridized carbons (Fsp3) is 0.545. The van der Waals surface area contributed by atoms with Crippen LogP contribution in [0.5, 0.6) is 0 Å². The average Bonchev–Trinajstić information content (AvgIpc) is 3.14. The van der Waals surface area contributed by atoms with Gasteiger partial charge in [-0.1, -0.05) is 6.07 Å². The molecule has 2 aliphatic heterocycles. The highest BCUT2D eigenvalue weighted by Gasteiger charge is 2.32. The Hall–Kier alpha value is -2.54. The summed E-state index contributed by atoms with van der Waals surface area (Å²) >= 11 is 0. The van der Waals surface area contributed by atoms with Crippen molar-refractivity contribution in [2.24, 2.45) is 0 Å². The monoisotopic (exact) mass is 398 g/mol. The molecule has 0 N–H and O–H groups in total. The number of hydrogen-bond acceptors (Lipinski definition) is 5. The molecule has 4 rings (SSSR count). The molecule has 0 aliphatic carbocycles. The summed E-state index contributed by atoms with van der Waals surface area (Å²) in [6.07, 6.45) is 2.45. The lowest BCUT2D eigenvalue weighted by Crippen LogP contribution is -2.37. The Labute approximate surface area is 172 Å². The van der Waals surface area contributed by atoms with E-state index < -0.39 is 0 Å². The van der Waals surface area contributed by atoms with Gasteiger partial charge in [0.25, 0.3) is 0 Å². The van der Waals surface area contributed by atoms with Crippen molar-refractivity contribution in [1.82, 2.24) is 14.7 Å². The molecule has 7 heteroatoms. The Balaban J connectivity index is 1.74. The van der Waals surface area contributed by atoms with Crippen LogP contribution in [0.3, 0.4) is 0 Å². The maximum atomic E-state index is 12.2. The second kappa shape index (κ2) is 8.06. The highest BCUT2D eigenvalue weighted by atomic mass is 16.5. The number of amides is 1. The number of carbonyl (C=O) groups excluding carboxylic acids is 1. The molecule has 1 aromatic carbocycles. The number of ether oxygens (including phenoxy) is 2. The lowest BCUT2D eigenvalue weighted by atomic mass is 10.0. The molecule has 156 valence electrons. The number of fused-ring (bicyclic) bond motifs is 1. The molecule has 29 heavy (non-hydrogen) atoms. The highest BCUT2D eigenvalue weighted by Crippen LogP contribution is 2.36. The molecule has 0 spiro atoms. The number of benzene rings is 1. The van der Waals surface area contributed by atoms with Gasteiger partial charge in [0.15, 0.2) is 5.82 Å². The Morgan fingerprint density at radius 3 is 2.69 bits per heavy atom. The summed E-state index contributed by atoms with van der Waals surface area (Å²) in [6.45, 7) is 6.97. The first-order valence-corrected chi connectivity index (χ1v) is 10.3. The van der Waals surface area contributed by atoms with Gasteiger partial charge in [-0.05, 0) is 49.9 Å². The third-order valence-corrected chi connectivity index (χ3v) is 6.23. The SMILES string of the molecule is COC(=O)N1CCc2c(c(N(C)c3ccc(C)c(C)c3)nn2C2CCOCC2)C1. The Kier molecular flexibility index (Phi) is 5.50. The zero-order valence-corrected chi connectivity index (χ0v) is 17.8. The summed E-state index contributed by atoms with van der Waals surface area (Å²) in [6, 6.07) is 6.81. The average molecular weight is 399 g/mol. The normalized spacial score (nSPS) is 17.2. The van der Waals surface area contributed by atoms with Gasteiger partial charge >= 0.3 is 6.09 Å². The number of nitrogens with zero attached hydrogens (tertiary/aromatic N) is 4. The van der Waals surface area contributed by atoms with Crippen molar-refractivity contribution in [2.45, 2.75) is 45.7 Å². The van der Waals surface area contributed by atoms with Crippen LogP contribution in [0.2, 0.25) is 0 Å². The van der Waals surface area contributed by atoms with Gasteiger partial charge in [-0.25, -0.2) is 4.79 Å². The molecule has 1 saturated heterocycles. The number of aryl methyl sites for hydroxylation is 2. The summed E-state index contributed by atoms with van der Waals surface area (Å²) in [5, 5.41) is 5.07. The van der Waals surface area contributed by atoms with Gasteiger partial charge in [0.2, 0.25) is 0 Å². The number of anilines is 2. The van der Waals surface area contributed by atoms with E-state index in [4.69, 9.17) is 14.6 Å². The third kappa shape index (κ3) is 3.71. The molecule has 2 aromatic rings. The molecule has 1 fully saturated rings. The van der Waals surface area contributed by atoms with Gasteiger partial charge in [0.1, 0.15) is 0 Å². The number of methoxy groups -OCH3 is 1. The molecule has 2 aliphatic rings. The second-order valence-electron chi connectivity index (χ2n) is 8.01. The standard InChI is InChI=1S/C22H30N4O3/c1-15-5-6-18(13-16(15)2)24(3)21-19-14-25(22(27)28-4)10-7-20(19)26(23-21)17-8-11-29-12-9-17/h5-6,13,17H,7-12,14H2,1-4H3. The fourth-order valence-electron chi connectivity index (χ4n) is 4.27. The Morgan fingerprint density at radius 1 is 1.24 bits per heavy atom. The molecule has 0 unspecified atom stereocenters. The van der Waals surface area contributed by atoms with Crippen molar-refractivity contribution in [2.75, 3.05) is 38.8 Å². The quantitative estimate of drug-likeness (QED) is 0.788. The van der Waals surface area contributed by atoms with Crippen LogP contribution in [0.1, 0.15) is 41.3 Å². The molecule has 0 radical (unpaired) electrons. The second-order valence-corrected chi connectivity index (χ2v) is 8.01. The van der Waals surface area contributed by atoms with E-state index in [1.54, 1.807) is 4.90 Å². The molecule has 3 heterocycles. The molecule has 0 atom stereocenters. The van der Waals surface area contributed by atoms with E-state index in [0.29, 0.717) is 19.1 Å². The van der Waals surface area contributed by atoms with E-state index >= 15 is 0 Å². The molecule has 1 aromatic heterocycles. The van der Waals surface area contributed by atoms with E-state index in [1.807, 2.05) is 0 Å². The minimum atomic E-state index is -0.283. The van der Waals surface area contributed by atoms with Gasteiger partial charge in [-0.3, -0.25) is 4.68 Å². The predicted octanol–water partition coefficient (Wildman–Crippen LogP) is 3.74. The van der Waals surface area contributed by atoms with Crippen LogP contribution < -0.4 is 4.90 Å². The first-order chi connectivity index (χ1) is 14.0. The Bertz CT molecular complexity index is 902. The van der Waals surface area contributed by atoms with Gasteiger partial charge < -0.3 is 19.3 Å². The predicted molar refractivity (Wildman–Crippen MR) is 112 cm³/mol. The van der Waals surface area contributed by atoms with Crippen molar-refractivity contribution >= 4 is 17.6 Å². The van der Waals surface area contributed by atoms with Crippen molar-refractivity contribution in [1.29, 1.82) is 0 Å². The van der Waals surface area contributed by atoms with Crippen LogP contribution in [0.15, 0.2) is 18.2 Å². The zero-order chi connectivity index (χ0) is 20.5. The van der Waals surface area contributed by atoms with Crippen LogP contribution in [-0.2, 0) is 22.4 Å². The van der Waals surface area contributed by atoms with Gasteiger partial charge in [0, 0.05) is 50.2 Å². The van der Waals surface area contributed by atoms with Crippen LogP contribution in [0.4, 0.5) is 16.3 Å². The molecule has 0 saturated carbocycles. The smallest absolute Gasteiger partial charge is 0.409 e. The minimum absolute atomic E-state index is 0.283. The molecule has 1 amide bonds. The first-order valence-electron chi connectivity index (χ1n) is 10.3. The van der Waals surface area contributed by atoms with E-state index in [0.717, 1.165) is 49.5 Å². The van der Waals surface area contributed by atoms with Crippen LogP contribution >= 0.6 is 0 Å². The van der Waals surface area contributed by atoms with Crippen molar-refractivity contribution in [3.63, 3.8) is 0 Å². The highest BCUT2D eigenvalue weighted by molar-refractivity contribution is 5.70. The molecule has 7 nitrogen and oxygen atoms in total. The summed E-state index contributed by atoms with van der Waals surface area (Å²) in [5.74, 6) is 0.920. The number of carbonyl (C=O) groups is 1. The van der Waals surface area contributed by atoms with E-state index in [9.17, 15) is 4.79 Å². The van der Waals surface area contributed by atoms with E-state index in [2.05, 4.69) is 48.7 Å². The first kappa shape index (κ1) is 19.8. The van der Waals surface area contributed by atoms with Gasteiger partial charge in [-0.2, -0.15) is 5.10 Å². The summed E-state index contributed by atoms with van der Waals surface area (Å²) in [7, 11) is 3.49. The molecule has 0 bridgehead atoms. The zero-order valence-electron chi connectivity index (χ0n) is 17.8. The van der Waals surface area contributed by atoms with Crippen LogP contribution in [0, 0.1) is 13.8 Å². The van der Waals surface area contributed by atoms with Gasteiger partial charge in [0.05, 0.1) is 19.7 Å². The van der Waals surface area contributed by atoms with Crippen LogP contribution in [-0.4, -0.2) is 54.7 Å². The number of rotatable bonds is 3.